The summed E-state index contributed by atoms with van der Waals surface area (Å²) in [6.45, 7) is 6.64. The Morgan fingerprint density at radius 2 is 2.47 bits per heavy atom. The Balaban J connectivity index is 1.87. The highest BCUT2D eigenvalue weighted by Crippen LogP contribution is 2.08. The van der Waals surface area contributed by atoms with Crippen LogP contribution < -0.4 is 5.32 Å². The minimum atomic E-state index is 0.512. The molecule has 0 spiro atoms. The molecule has 2 rings (SSSR count). The van der Waals surface area contributed by atoms with Crippen molar-refractivity contribution in [3.8, 4) is 0 Å². The van der Waals surface area contributed by atoms with Crippen LogP contribution in [0.1, 0.15) is 18.6 Å². The molecule has 1 aromatic rings. The van der Waals surface area contributed by atoms with Gasteiger partial charge in [0.25, 0.3) is 0 Å². The van der Waals surface area contributed by atoms with E-state index in [1.165, 1.54) is 0 Å². The van der Waals surface area contributed by atoms with E-state index in [0.717, 1.165) is 32.0 Å². The van der Waals surface area contributed by atoms with Crippen LogP contribution in [0.2, 0.25) is 0 Å². The number of methoxy groups -OCH3 is 1. The summed E-state index contributed by atoms with van der Waals surface area (Å²) >= 11 is 0. The molecule has 96 valence electrons. The van der Waals surface area contributed by atoms with Crippen molar-refractivity contribution in [2.45, 2.75) is 25.9 Å². The molecular formula is C11H20N4O2. The molecule has 6 nitrogen and oxygen atoms in total. The Hall–Kier alpha value is -0.980. The molecule has 2 heterocycles. The van der Waals surface area contributed by atoms with E-state index < -0.39 is 0 Å². The van der Waals surface area contributed by atoms with E-state index in [4.69, 9.17) is 9.26 Å². The Morgan fingerprint density at radius 1 is 1.59 bits per heavy atom. The molecule has 1 N–H and O–H groups in total. The van der Waals surface area contributed by atoms with E-state index in [-0.39, 0.29) is 0 Å². The number of rotatable bonds is 5. The summed E-state index contributed by atoms with van der Waals surface area (Å²) in [6.07, 6.45) is 0.705. The van der Waals surface area contributed by atoms with Crippen LogP contribution in [0.15, 0.2) is 4.52 Å². The van der Waals surface area contributed by atoms with E-state index in [9.17, 15) is 0 Å². The number of piperazine rings is 1. The number of hydrogen-bond donors (Lipinski definition) is 1. The van der Waals surface area contributed by atoms with Crippen LogP contribution in [-0.4, -0.2) is 54.4 Å². The van der Waals surface area contributed by atoms with Gasteiger partial charge in [0, 0.05) is 39.2 Å². The van der Waals surface area contributed by atoms with Crippen molar-refractivity contribution in [3.63, 3.8) is 0 Å². The van der Waals surface area contributed by atoms with Gasteiger partial charge < -0.3 is 14.6 Å². The number of nitrogens with zero attached hydrogens (tertiary/aromatic N) is 3. The quantitative estimate of drug-likeness (QED) is 0.785. The van der Waals surface area contributed by atoms with Gasteiger partial charge in [-0.05, 0) is 6.92 Å². The molecule has 0 bridgehead atoms. The zero-order chi connectivity index (χ0) is 12.1. The second kappa shape index (κ2) is 6.09. The lowest BCUT2D eigenvalue weighted by atomic mass is 10.2. The average molecular weight is 240 g/mol. The predicted octanol–water partition coefficient (Wildman–Crippen LogP) is 0.0522. The van der Waals surface area contributed by atoms with Crippen molar-refractivity contribution in [2.24, 2.45) is 0 Å². The molecule has 0 aromatic carbocycles. The summed E-state index contributed by atoms with van der Waals surface area (Å²) in [5, 5.41) is 7.29. The summed E-state index contributed by atoms with van der Waals surface area (Å²) in [7, 11) is 1.67. The third-order valence-electron chi connectivity index (χ3n) is 3.02. The number of aromatic nitrogens is 2. The average Bonchev–Trinajstić information content (AvgIpc) is 2.77. The fourth-order valence-corrected chi connectivity index (χ4v) is 1.94. The summed E-state index contributed by atoms with van der Waals surface area (Å²) < 4.78 is 10.2. The van der Waals surface area contributed by atoms with Crippen LogP contribution >= 0.6 is 0 Å². The van der Waals surface area contributed by atoms with Crippen LogP contribution in [0, 0.1) is 0 Å². The molecule has 0 aliphatic carbocycles. The highest BCUT2D eigenvalue weighted by atomic mass is 16.5. The van der Waals surface area contributed by atoms with Crippen molar-refractivity contribution in [2.75, 3.05) is 33.4 Å². The molecule has 1 saturated heterocycles. The number of hydrogen-bond acceptors (Lipinski definition) is 6. The zero-order valence-corrected chi connectivity index (χ0v) is 10.5. The highest BCUT2D eigenvalue weighted by Gasteiger charge is 2.20. The molecule has 0 amide bonds. The SMILES string of the molecule is COCCc1noc(CN2CCNC[C@H]2C)n1. The zero-order valence-electron chi connectivity index (χ0n) is 10.5. The fraction of sp³-hybridized carbons (Fsp3) is 0.818. The van der Waals surface area contributed by atoms with Gasteiger partial charge in [0.05, 0.1) is 13.2 Å². The maximum Gasteiger partial charge on any atom is 0.240 e. The topological polar surface area (TPSA) is 63.4 Å². The van der Waals surface area contributed by atoms with Crippen LogP contribution in [0.4, 0.5) is 0 Å². The van der Waals surface area contributed by atoms with E-state index in [0.29, 0.717) is 25.0 Å². The predicted molar refractivity (Wildman–Crippen MR) is 62.6 cm³/mol. The summed E-state index contributed by atoms with van der Waals surface area (Å²) in [5.41, 5.74) is 0. The molecule has 1 fully saturated rings. The molecule has 1 aliphatic rings. The smallest absolute Gasteiger partial charge is 0.240 e. The van der Waals surface area contributed by atoms with Gasteiger partial charge in [-0.25, -0.2) is 0 Å². The van der Waals surface area contributed by atoms with Crippen LogP contribution in [0.3, 0.4) is 0 Å². The lowest BCUT2D eigenvalue weighted by Crippen LogP contribution is -2.49. The van der Waals surface area contributed by atoms with E-state index in [1.807, 2.05) is 0 Å². The van der Waals surface area contributed by atoms with Crippen LogP contribution in [0.5, 0.6) is 0 Å². The minimum Gasteiger partial charge on any atom is -0.384 e. The third-order valence-corrected chi connectivity index (χ3v) is 3.02. The standard InChI is InChI=1S/C11H20N4O2/c1-9-7-12-4-5-15(9)8-11-13-10(14-17-11)3-6-16-2/h9,12H,3-8H2,1-2H3/t9-/m1/s1. The highest BCUT2D eigenvalue weighted by molar-refractivity contribution is 4.88. The summed E-state index contributed by atoms with van der Waals surface area (Å²) in [6, 6.07) is 0.512. The van der Waals surface area contributed by atoms with Gasteiger partial charge in [-0.1, -0.05) is 5.16 Å². The normalized spacial score (nSPS) is 21.9. The van der Waals surface area contributed by atoms with Crippen LogP contribution in [0.25, 0.3) is 0 Å². The van der Waals surface area contributed by atoms with Gasteiger partial charge in [0.1, 0.15) is 0 Å². The van der Waals surface area contributed by atoms with Crippen LogP contribution in [-0.2, 0) is 17.7 Å². The van der Waals surface area contributed by atoms with Gasteiger partial charge in [-0.15, -0.1) is 0 Å². The van der Waals surface area contributed by atoms with Crippen molar-refractivity contribution in [1.29, 1.82) is 0 Å². The van der Waals surface area contributed by atoms with E-state index in [1.54, 1.807) is 7.11 Å². The molecule has 1 atom stereocenters. The second-order valence-corrected chi connectivity index (χ2v) is 4.37. The lowest BCUT2D eigenvalue weighted by Gasteiger charge is -2.32. The van der Waals surface area contributed by atoms with Gasteiger partial charge in [-0.3, -0.25) is 4.90 Å². The molecule has 1 aromatic heterocycles. The number of ether oxygens (including phenoxy) is 1. The van der Waals surface area contributed by atoms with E-state index >= 15 is 0 Å². The summed E-state index contributed by atoms with van der Waals surface area (Å²) in [4.78, 5) is 6.71. The first-order valence-corrected chi connectivity index (χ1v) is 6.04. The van der Waals surface area contributed by atoms with Gasteiger partial charge >= 0.3 is 0 Å². The maximum atomic E-state index is 5.23. The molecule has 6 heteroatoms. The van der Waals surface area contributed by atoms with Crippen molar-refractivity contribution in [1.82, 2.24) is 20.4 Å². The Morgan fingerprint density at radius 3 is 3.24 bits per heavy atom. The first kappa shape index (κ1) is 12.5. The molecular weight excluding hydrogens is 220 g/mol. The van der Waals surface area contributed by atoms with Crippen molar-refractivity contribution >= 4 is 0 Å². The Bertz CT molecular complexity index is 342. The molecule has 0 saturated carbocycles. The van der Waals surface area contributed by atoms with Gasteiger partial charge in [-0.2, -0.15) is 4.98 Å². The minimum absolute atomic E-state index is 0.512. The maximum absolute atomic E-state index is 5.23. The molecule has 17 heavy (non-hydrogen) atoms. The summed E-state index contributed by atoms with van der Waals surface area (Å²) in [5.74, 6) is 1.43. The van der Waals surface area contributed by atoms with Gasteiger partial charge in [0.15, 0.2) is 5.82 Å². The van der Waals surface area contributed by atoms with Crippen molar-refractivity contribution in [3.05, 3.63) is 11.7 Å². The van der Waals surface area contributed by atoms with Gasteiger partial charge in [0.2, 0.25) is 5.89 Å². The molecule has 0 unspecified atom stereocenters. The largest absolute Gasteiger partial charge is 0.384 e. The number of nitrogens with one attached hydrogen (secondary N) is 1. The molecule has 0 radical (unpaired) electrons. The first-order valence-electron chi connectivity index (χ1n) is 6.04. The van der Waals surface area contributed by atoms with Crippen molar-refractivity contribution < 1.29 is 9.26 Å². The second-order valence-electron chi connectivity index (χ2n) is 4.37. The van der Waals surface area contributed by atoms with E-state index in [2.05, 4.69) is 27.3 Å². The third kappa shape index (κ3) is 3.49. The monoisotopic (exact) mass is 240 g/mol. The lowest BCUT2D eigenvalue weighted by molar-refractivity contribution is 0.146. The first-order chi connectivity index (χ1) is 8.29. The fourth-order valence-electron chi connectivity index (χ4n) is 1.94. The Kier molecular flexibility index (Phi) is 4.47. The molecule has 1 aliphatic heterocycles. The Labute approximate surface area is 101 Å².